The first-order valence-electron chi connectivity index (χ1n) is 8.95. The number of nitrogens with one attached hydrogen (secondary N) is 3. The predicted octanol–water partition coefficient (Wildman–Crippen LogP) is 4.26. The minimum absolute atomic E-state index is 0.548. The largest absolute Gasteiger partial charge is 0.363 e. The third-order valence-electron chi connectivity index (χ3n) is 4.42. The molecule has 136 valence electrons. The van der Waals surface area contributed by atoms with Crippen LogP contribution in [0.15, 0.2) is 73.2 Å². The summed E-state index contributed by atoms with van der Waals surface area (Å²) >= 11 is 0. The Hall–Kier alpha value is -4.00. The van der Waals surface area contributed by atoms with Crippen molar-refractivity contribution in [3.8, 4) is 0 Å². The smallest absolute Gasteiger partial charge is 0.135 e. The summed E-state index contributed by atoms with van der Waals surface area (Å²) < 4.78 is 0. The molecule has 0 aliphatic rings. The highest BCUT2D eigenvalue weighted by Gasteiger charge is 2.04. The maximum atomic E-state index is 4.56. The Kier molecular flexibility index (Phi) is 4.02. The van der Waals surface area contributed by atoms with E-state index < -0.39 is 0 Å². The molecular weight excluding hydrogens is 350 g/mol. The van der Waals surface area contributed by atoms with Crippen LogP contribution in [0.5, 0.6) is 0 Å². The third-order valence-corrected chi connectivity index (χ3v) is 4.42. The van der Waals surface area contributed by atoms with Crippen molar-refractivity contribution < 1.29 is 0 Å². The number of aromatic nitrogens is 5. The summed E-state index contributed by atoms with van der Waals surface area (Å²) in [6, 6.07) is 19.8. The van der Waals surface area contributed by atoms with Gasteiger partial charge in [-0.1, -0.05) is 18.2 Å². The van der Waals surface area contributed by atoms with Gasteiger partial charge in [-0.3, -0.25) is 4.98 Å². The van der Waals surface area contributed by atoms with Crippen LogP contribution in [0.25, 0.3) is 21.9 Å². The molecule has 7 nitrogen and oxygen atoms in total. The van der Waals surface area contributed by atoms with Crippen molar-refractivity contribution in [2.45, 2.75) is 6.54 Å². The number of pyridine rings is 1. The van der Waals surface area contributed by atoms with Gasteiger partial charge in [0, 0.05) is 23.3 Å². The number of hydrogen-bond donors (Lipinski definition) is 3. The maximum absolute atomic E-state index is 4.56. The van der Waals surface area contributed by atoms with Crippen molar-refractivity contribution in [2.75, 3.05) is 10.6 Å². The van der Waals surface area contributed by atoms with Gasteiger partial charge in [0.25, 0.3) is 0 Å². The van der Waals surface area contributed by atoms with Gasteiger partial charge in [-0.25, -0.2) is 15.0 Å². The molecule has 7 heteroatoms. The maximum Gasteiger partial charge on any atom is 0.135 e. The Morgan fingerprint density at radius 1 is 0.821 bits per heavy atom. The Balaban J connectivity index is 1.31. The molecule has 0 aliphatic heterocycles. The summed E-state index contributed by atoms with van der Waals surface area (Å²) in [7, 11) is 0. The van der Waals surface area contributed by atoms with Crippen molar-refractivity contribution >= 4 is 39.3 Å². The van der Waals surface area contributed by atoms with Crippen molar-refractivity contribution in [2.24, 2.45) is 0 Å². The summed E-state index contributed by atoms with van der Waals surface area (Å²) in [6.07, 6.45) is 3.33. The van der Waals surface area contributed by atoms with E-state index in [0.717, 1.165) is 39.3 Å². The summed E-state index contributed by atoms with van der Waals surface area (Å²) in [4.78, 5) is 20.8. The first kappa shape index (κ1) is 16.2. The Morgan fingerprint density at radius 3 is 2.71 bits per heavy atom. The molecule has 0 bridgehead atoms. The van der Waals surface area contributed by atoms with Crippen molar-refractivity contribution in [1.29, 1.82) is 0 Å². The summed E-state index contributed by atoms with van der Waals surface area (Å²) in [5, 5.41) is 7.67. The number of rotatable bonds is 5. The molecule has 3 aromatic heterocycles. The molecule has 0 fully saturated rings. The number of hydrogen-bond acceptors (Lipinski definition) is 6. The first-order valence-corrected chi connectivity index (χ1v) is 8.95. The highest BCUT2D eigenvalue weighted by atomic mass is 15.1. The molecule has 3 N–H and O–H groups in total. The summed E-state index contributed by atoms with van der Waals surface area (Å²) in [6.45, 7) is 0.548. The van der Waals surface area contributed by atoms with Crippen LogP contribution in [-0.4, -0.2) is 24.9 Å². The van der Waals surface area contributed by atoms with E-state index in [0.29, 0.717) is 12.4 Å². The molecule has 3 heterocycles. The molecule has 0 saturated heterocycles. The second-order valence-corrected chi connectivity index (χ2v) is 6.38. The quantitative estimate of drug-likeness (QED) is 0.430. The van der Waals surface area contributed by atoms with E-state index in [9.17, 15) is 0 Å². The van der Waals surface area contributed by atoms with Gasteiger partial charge in [0.1, 0.15) is 23.8 Å². The van der Waals surface area contributed by atoms with Crippen LogP contribution in [0.1, 0.15) is 5.82 Å². The fourth-order valence-electron chi connectivity index (χ4n) is 3.09. The lowest BCUT2D eigenvalue weighted by molar-refractivity contribution is 0.992. The second kappa shape index (κ2) is 6.96. The van der Waals surface area contributed by atoms with Crippen molar-refractivity contribution in [1.82, 2.24) is 24.9 Å². The molecular formula is C21H17N7. The zero-order chi connectivity index (χ0) is 18.8. The number of aromatic amines is 1. The Bertz CT molecular complexity index is 1230. The number of benzene rings is 2. The van der Waals surface area contributed by atoms with Crippen LogP contribution in [0, 0.1) is 0 Å². The summed E-state index contributed by atoms with van der Waals surface area (Å²) in [5.41, 5.74) is 3.89. The molecule has 0 amide bonds. The monoisotopic (exact) mass is 367 g/mol. The average Bonchev–Trinajstić information content (AvgIpc) is 3.16. The van der Waals surface area contributed by atoms with Gasteiger partial charge in [-0.05, 0) is 36.4 Å². The molecule has 0 aliphatic carbocycles. The highest BCUT2D eigenvalue weighted by Crippen LogP contribution is 2.21. The molecule has 0 radical (unpaired) electrons. The fraction of sp³-hybridized carbons (Fsp3) is 0.0476. The molecule has 28 heavy (non-hydrogen) atoms. The van der Waals surface area contributed by atoms with Crippen molar-refractivity contribution in [3.63, 3.8) is 0 Å². The van der Waals surface area contributed by atoms with Crippen LogP contribution in [0.4, 0.5) is 17.3 Å². The SMILES string of the molecule is c1cnc2ccc(Nc3cc(NCc4nc5ccccc5[nH]4)ncn3)cc2c1. The fourth-order valence-corrected chi connectivity index (χ4v) is 3.09. The zero-order valence-corrected chi connectivity index (χ0v) is 14.9. The highest BCUT2D eigenvalue weighted by molar-refractivity contribution is 5.83. The first-order chi connectivity index (χ1) is 13.8. The topological polar surface area (TPSA) is 91.4 Å². The van der Waals surface area contributed by atoms with E-state index in [1.807, 2.05) is 60.7 Å². The van der Waals surface area contributed by atoms with Crippen LogP contribution < -0.4 is 10.6 Å². The molecule has 2 aromatic carbocycles. The van der Waals surface area contributed by atoms with Gasteiger partial charge in [0.15, 0.2) is 0 Å². The molecule has 0 atom stereocenters. The Labute approximate surface area is 160 Å². The van der Waals surface area contributed by atoms with E-state index in [1.54, 1.807) is 6.20 Å². The van der Waals surface area contributed by atoms with E-state index in [4.69, 9.17) is 0 Å². The predicted molar refractivity (Wildman–Crippen MR) is 110 cm³/mol. The van der Waals surface area contributed by atoms with Gasteiger partial charge in [-0.15, -0.1) is 0 Å². The number of anilines is 3. The number of para-hydroxylation sites is 2. The van der Waals surface area contributed by atoms with E-state index >= 15 is 0 Å². The molecule has 0 spiro atoms. The number of imidazole rings is 1. The van der Waals surface area contributed by atoms with E-state index in [2.05, 4.69) is 35.6 Å². The lowest BCUT2D eigenvalue weighted by atomic mass is 10.2. The van der Waals surface area contributed by atoms with E-state index in [1.165, 1.54) is 6.33 Å². The lowest BCUT2D eigenvalue weighted by Gasteiger charge is -2.08. The van der Waals surface area contributed by atoms with E-state index in [-0.39, 0.29) is 0 Å². The molecule has 5 rings (SSSR count). The van der Waals surface area contributed by atoms with Crippen LogP contribution in [-0.2, 0) is 6.54 Å². The van der Waals surface area contributed by atoms with Crippen LogP contribution in [0.3, 0.4) is 0 Å². The minimum atomic E-state index is 0.548. The number of fused-ring (bicyclic) bond motifs is 2. The molecule has 0 saturated carbocycles. The van der Waals surface area contributed by atoms with Gasteiger partial charge < -0.3 is 15.6 Å². The Morgan fingerprint density at radius 2 is 1.75 bits per heavy atom. The molecule has 0 unspecified atom stereocenters. The lowest BCUT2D eigenvalue weighted by Crippen LogP contribution is -2.04. The molecule has 5 aromatic rings. The van der Waals surface area contributed by atoms with Gasteiger partial charge in [-0.2, -0.15) is 0 Å². The van der Waals surface area contributed by atoms with Gasteiger partial charge in [0.05, 0.1) is 23.1 Å². The second-order valence-electron chi connectivity index (χ2n) is 6.38. The summed E-state index contributed by atoms with van der Waals surface area (Å²) in [5.74, 6) is 2.29. The normalized spacial score (nSPS) is 11.0. The standard InChI is InChI=1S/C21H17N7/c1-2-6-18-17(5-1)27-21(28-18)12-23-19-11-20(25-13-24-19)26-15-7-8-16-14(10-15)4-3-9-22-16/h1-11,13H,12H2,(H,27,28)(H2,23,24,25,26). The van der Waals surface area contributed by atoms with Crippen LogP contribution in [0.2, 0.25) is 0 Å². The average molecular weight is 367 g/mol. The van der Waals surface area contributed by atoms with Crippen LogP contribution >= 0.6 is 0 Å². The van der Waals surface area contributed by atoms with Crippen molar-refractivity contribution in [3.05, 3.63) is 79.0 Å². The number of H-pyrrole nitrogens is 1. The van der Waals surface area contributed by atoms with Gasteiger partial charge in [0.2, 0.25) is 0 Å². The minimum Gasteiger partial charge on any atom is -0.363 e. The zero-order valence-electron chi connectivity index (χ0n) is 14.9. The van der Waals surface area contributed by atoms with Gasteiger partial charge >= 0.3 is 0 Å². The third kappa shape index (κ3) is 3.33. The number of nitrogens with zero attached hydrogens (tertiary/aromatic N) is 4.